The van der Waals surface area contributed by atoms with Crippen LogP contribution < -0.4 is 10.3 Å². The van der Waals surface area contributed by atoms with Gasteiger partial charge in [0.25, 0.3) is 5.56 Å². The summed E-state index contributed by atoms with van der Waals surface area (Å²) in [6.07, 6.45) is 3.00. The van der Waals surface area contributed by atoms with Crippen molar-refractivity contribution in [1.82, 2.24) is 9.66 Å². The lowest BCUT2D eigenvalue weighted by Crippen LogP contribution is -2.20. The molecule has 0 aliphatic rings. The number of phenols is 1. The summed E-state index contributed by atoms with van der Waals surface area (Å²) in [6.45, 7) is 0. The summed E-state index contributed by atoms with van der Waals surface area (Å²) < 4.78 is 11.7. The first-order valence-electron chi connectivity index (χ1n) is 8.14. The standard InChI is InChI=1S/C20H15N3O4/c1-26-18-11-13(8-9-16(18)24)12-21-23-19(17-7-4-10-27-17)22-15-6-3-2-5-14(15)20(23)25/h2-12,24H,1H3. The summed E-state index contributed by atoms with van der Waals surface area (Å²) in [5.41, 5.74) is 0.899. The van der Waals surface area contributed by atoms with E-state index in [1.54, 1.807) is 42.5 Å². The van der Waals surface area contributed by atoms with E-state index in [9.17, 15) is 9.90 Å². The molecule has 0 aliphatic carbocycles. The Morgan fingerprint density at radius 3 is 2.81 bits per heavy atom. The zero-order valence-electron chi connectivity index (χ0n) is 14.4. The predicted molar refractivity (Wildman–Crippen MR) is 101 cm³/mol. The largest absolute Gasteiger partial charge is 0.504 e. The van der Waals surface area contributed by atoms with Gasteiger partial charge < -0.3 is 14.3 Å². The number of methoxy groups -OCH3 is 1. The van der Waals surface area contributed by atoms with Gasteiger partial charge in [0, 0.05) is 0 Å². The molecule has 0 atom stereocenters. The van der Waals surface area contributed by atoms with Crippen molar-refractivity contribution in [3.05, 3.63) is 76.8 Å². The maximum Gasteiger partial charge on any atom is 0.282 e. The van der Waals surface area contributed by atoms with Gasteiger partial charge in [-0.15, -0.1) is 0 Å². The fourth-order valence-corrected chi connectivity index (χ4v) is 2.70. The van der Waals surface area contributed by atoms with E-state index in [0.717, 1.165) is 0 Å². The number of fused-ring (bicyclic) bond motifs is 1. The first-order chi connectivity index (χ1) is 13.2. The minimum absolute atomic E-state index is 0.0236. The topological polar surface area (TPSA) is 89.9 Å². The maximum atomic E-state index is 12.9. The van der Waals surface area contributed by atoms with E-state index in [-0.39, 0.29) is 11.3 Å². The number of aromatic nitrogens is 2. The number of hydrogen-bond acceptors (Lipinski definition) is 6. The molecule has 0 aliphatic heterocycles. The SMILES string of the molecule is COc1cc(C=Nn2c(-c3ccco3)nc3ccccc3c2=O)ccc1O. The van der Waals surface area contributed by atoms with Crippen LogP contribution in [0.4, 0.5) is 0 Å². The van der Waals surface area contributed by atoms with Gasteiger partial charge in [-0.05, 0) is 48.0 Å². The van der Waals surface area contributed by atoms with E-state index in [1.807, 2.05) is 6.07 Å². The second-order valence-electron chi connectivity index (χ2n) is 5.72. The molecule has 1 N–H and O–H groups in total. The van der Waals surface area contributed by atoms with Crippen LogP contribution in [-0.4, -0.2) is 28.1 Å². The van der Waals surface area contributed by atoms with Crippen LogP contribution in [0.2, 0.25) is 0 Å². The highest BCUT2D eigenvalue weighted by molar-refractivity contribution is 5.82. The molecule has 134 valence electrons. The molecule has 2 heterocycles. The van der Waals surface area contributed by atoms with Crippen molar-refractivity contribution in [3.63, 3.8) is 0 Å². The minimum Gasteiger partial charge on any atom is -0.504 e. The fourth-order valence-electron chi connectivity index (χ4n) is 2.70. The number of phenolic OH excluding ortho intramolecular Hbond substituents is 1. The van der Waals surface area contributed by atoms with Gasteiger partial charge >= 0.3 is 0 Å². The minimum atomic E-state index is -0.311. The number of aromatic hydroxyl groups is 1. The molecule has 0 saturated carbocycles. The summed E-state index contributed by atoms with van der Waals surface area (Å²) in [5, 5.41) is 14.5. The molecule has 7 heteroatoms. The molecule has 0 radical (unpaired) electrons. The molecule has 2 aromatic carbocycles. The molecule has 0 amide bonds. The Hall–Kier alpha value is -3.87. The Kier molecular flexibility index (Phi) is 4.18. The molecular weight excluding hydrogens is 346 g/mol. The zero-order chi connectivity index (χ0) is 18.8. The third-order valence-electron chi connectivity index (χ3n) is 4.02. The average Bonchev–Trinajstić information content (AvgIpc) is 3.23. The monoisotopic (exact) mass is 361 g/mol. The summed E-state index contributed by atoms with van der Waals surface area (Å²) in [7, 11) is 1.46. The van der Waals surface area contributed by atoms with Crippen molar-refractivity contribution in [3.8, 4) is 23.1 Å². The first kappa shape index (κ1) is 16.6. The van der Waals surface area contributed by atoms with Gasteiger partial charge in [-0.2, -0.15) is 9.78 Å². The van der Waals surface area contributed by atoms with E-state index < -0.39 is 0 Å². The normalized spacial score (nSPS) is 11.3. The van der Waals surface area contributed by atoms with E-state index in [2.05, 4.69) is 10.1 Å². The fraction of sp³-hybridized carbons (Fsp3) is 0.0500. The predicted octanol–water partition coefficient (Wildman–Crippen LogP) is 3.25. The van der Waals surface area contributed by atoms with Gasteiger partial charge in [0.05, 0.1) is 30.5 Å². The van der Waals surface area contributed by atoms with E-state index in [0.29, 0.717) is 33.8 Å². The highest BCUT2D eigenvalue weighted by atomic mass is 16.5. The molecule has 27 heavy (non-hydrogen) atoms. The Labute approximate surface area is 153 Å². The summed E-state index contributed by atoms with van der Waals surface area (Å²) in [6, 6.07) is 15.3. The van der Waals surface area contributed by atoms with Crippen molar-refractivity contribution in [2.45, 2.75) is 0 Å². The van der Waals surface area contributed by atoms with Crippen LogP contribution in [0, 0.1) is 0 Å². The van der Waals surface area contributed by atoms with Gasteiger partial charge in [-0.3, -0.25) is 4.79 Å². The lowest BCUT2D eigenvalue weighted by Gasteiger charge is -2.07. The van der Waals surface area contributed by atoms with Crippen LogP contribution in [0.3, 0.4) is 0 Å². The second kappa shape index (κ2) is 6.80. The van der Waals surface area contributed by atoms with Gasteiger partial charge in [0.1, 0.15) is 0 Å². The van der Waals surface area contributed by atoms with Gasteiger partial charge in [0.15, 0.2) is 17.3 Å². The zero-order valence-corrected chi connectivity index (χ0v) is 14.4. The number of benzene rings is 2. The van der Waals surface area contributed by atoms with E-state index >= 15 is 0 Å². The number of para-hydroxylation sites is 1. The molecule has 7 nitrogen and oxygen atoms in total. The summed E-state index contributed by atoms with van der Waals surface area (Å²) in [5.74, 6) is 1.06. The number of rotatable bonds is 4. The van der Waals surface area contributed by atoms with Crippen LogP contribution in [0.5, 0.6) is 11.5 Å². The van der Waals surface area contributed by atoms with Crippen LogP contribution in [0.25, 0.3) is 22.5 Å². The smallest absolute Gasteiger partial charge is 0.282 e. The Balaban J connectivity index is 1.89. The lowest BCUT2D eigenvalue weighted by molar-refractivity contribution is 0.373. The summed E-state index contributed by atoms with van der Waals surface area (Å²) >= 11 is 0. The number of hydrogen-bond donors (Lipinski definition) is 1. The molecule has 0 bridgehead atoms. The van der Waals surface area contributed by atoms with Gasteiger partial charge in [0.2, 0.25) is 5.82 Å². The molecule has 0 unspecified atom stereocenters. The van der Waals surface area contributed by atoms with Crippen LogP contribution in [-0.2, 0) is 0 Å². The van der Waals surface area contributed by atoms with Crippen molar-refractivity contribution in [1.29, 1.82) is 0 Å². The molecule has 0 spiro atoms. The third kappa shape index (κ3) is 3.06. The van der Waals surface area contributed by atoms with E-state index in [1.165, 1.54) is 30.3 Å². The van der Waals surface area contributed by atoms with Crippen LogP contribution >= 0.6 is 0 Å². The highest BCUT2D eigenvalue weighted by Crippen LogP contribution is 2.25. The maximum absolute atomic E-state index is 12.9. The molecular formula is C20H15N3O4. The van der Waals surface area contributed by atoms with Crippen LogP contribution in [0.15, 0.2) is 75.2 Å². The molecule has 2 aromatic heterocycles. The first-order valence-corrected chi connectivity index (χ1v) is 8.14. The molecule has 4 rings (SSSR count). The Morgan fingerprint density at radius 1 is 1.19 bits per heavy atom. The third-order valence-corrected chi connectivity index (χ3v) is 4.02. The quantitative estimate of drug-likeness (QED) is 0.564. The lowest BCUT2D eigenvalue weighted by atomic mass is 10.2. The number of furan rings is 1. The average molecular weight is 361 g/mol. The Bertz CT molecular complexity index is 1190. The summed E-state index contributed by atoms with van der Waals surface area (Å²) in [4.78, 5) is 17.5. The number of ether oxygens (including phenoxy) is 1. The van der Waals surface area contributed by atoms with Crippen molar-refractivity contribution < 1.29 is 14.3 Å². The molecule has 0 fully saturated rings. The van der Waals surface area contributed by atoms with Crippen LogP contribution in [0.1, 0.15) is 5.56 Å². The van der Waals surface area contributed by atoms with Gasteiger partial charge in [-0.25, -0.2) is 4.98 Å². The van der Waals surface area contributed by atoms with Crippen molar-refractivity contribution in [2.75, 3.05) is 7.11 Å². The van der Waals surface area contributed by atoms with Crippen molar-refractivity contribution in [2.24, 2.45) is 5.10 Å². The highest BCUT2D eigenvalue weighted by Gasteiger charge is 2.14. The second-order valence-corrected chi connectivity index (χ2v) is 5.72. The van der Waals surface area contributed by atoms with Crippen molar-refractivity contribution >= 4 is 17.1 Å². The Morgan fingerprint density at radius 2 is 2.04 bits per heavy atom. The molecule has 0 saturated heterocycles. The van der Waals surface area contributed by atoms with Gasteiger partial charge in [-0.1, -0.05) is 12.1 Å². The van der Waals surface area contributed by atoms with E-state index in [4.69, 9.17) is 9.15 Å². The molecule has 4 aromatic rings. The number of nitrogens with zero attached hydrogens (tertiary/aromatic N) is 3.